The van der Waals surface area contributed by atoms with E-state index in [1.165, 1.54) is 6.07 Å². The average Bonchev–Trinajstić information content (AvgIpc) is 2.50. The van der Waals surface area contributed by atoms with Crippen LogP contribution in [0.5, 0.6) is 0 Å². The quantitative estimate of drug-likeness (QED) is 0.749. The molecular weight excluding hydrogens is 335 g/mol. The summed E-state index contributed by atoms with van der Waals surface area (Å²) in [7, 11) is 0. The fourth-order valence-corrected chi connectivity index (χ4v) is 2.78. The van der Waals surface area contributed by atoms with E-state index in [0.717, 1.165) is 31.4 Å². The lowest BCUT2D eigenvalue weighted by Crippen LogP contribution is -2.34. The van der Waals surface area contributed by atoms with E-state index >= 15 is 0 Å². The van der Waals surface area contributed by atoms with Crippen molar-refractivity contribution in [1.82, 2.24) is 5.32 Å². The molecule has 0 heterocycles. The molecule has 1 fully saturated rings. The Morgan fingerprint density at radius 3 is 2.76 bits per heavy atom. The van der Waals surface area contributed by atoms with Crippen molar-refractivity contribution in [2.75, 3.05) is 6.54 Å². The molecule has 7 heteroatoms. The van der Waals surface area contributed by atoms with Gasteiger partial charge >= 0.3 is 6.18 Å². The highest BCUT2D eigenvalue weighted by molar-refractivity contribution is 5.75. The molecule has 1 amide bonds. The number of amides is 1. The van der Waals surface area contributed by atoms with E-state index in [4.69, 9.17) is 9.84 Å². The van der Waals surface area contributed by atoms with Crippen molar-refractivity contribution in [3.05, 3.63) is 35.4 Å². The van der Waals surface area contributed by atoms with E-state index in [-0.39, 0.29) is 25.2 Å². The van der Waals surface area contributed by atoms with Crippen LogP contribution in [0.3, 0.4) is 0 Å². The molecule has 1 aromatic rings. The summed E-state index contributed by atoms with van der Waals surface area (Å²) in [6.45, 7) is 2.03. The zero-order chi connectivity index (χ0) is 18.4. The molecule has 140 valence electrons. The molecule has 0 bridgehead atoms. The Balaban J connectivity index is 1.63. The number of halogens is 3. The number of hydrogen-bond acceptors (Lipinski definition) is 3. The molecule has 1 atom stereocenters. The van der Waals surface area contributed by atoms with E-state index in [1.807, 2.05) is 0 Å². The maximum Gasteiger partial charge on any atom is 0.416 e. The Kier molecular flexibility index (Phi) is 6.84. The standard InChI is InChI=1S/C18H24F3NO3/c1-12(23)10-22-17(24)6-5-13-8-16(9-13)25-11-14-3-2-4-15(7-14)18(19,20)21/h2-4,7,12-13,16,23H,5-6,8-11H2,1H3,(H,22,24)/t12-,13?,16?/m0/s1. The summed E-state index contributed by atoms with van der Waals surface area (Å²) < 4.78 is 43.6. The number of carbonyl (C=O) groups is 1. The molecule has 1 aromatic carbocycles. The number of hydrogen-bond donors (Lipinski definition) is 2. The zero-order valence-electron chi connectivity index (χ0n) is 14.2. The van der Waals surface area contributed by atoms with Gasteiger partial charge in [0.15, 0.2) is 0 Å². The van der Waals surface area contributed by atoms with Gasteiger partial charge < -0.3 is 15.2 Å². The SMILES string of the molecule is C[C@H](O)CNC(=O)CCC1CC(OCc2cccc(C(F)(F)F)c2)C1. The topological polar surface area (TPSA) is 58.6 Å². The van der Waals surface area contributed by atoms with Gasteiger partial charge in [0.1, 0.15) is 0 Å². The minimum Gasteiger partial charge on any atom is -0.392 e. The van der Waals surface area contributed by atoms with E-state index in [2.05, 4.69) is 5.32 Å². The van der Waals surface area contributed by atoms with Crippen molar-refractivity contribution in [2.45, 2.75) is 57.6 Å². The summed E-state index contributed by atoms with van der Waals surface area (Å²) >= 11 is 0. The van der Waals surface area contributed by atoms with Gasteiger partial charge in [-0.25, -0.2) is 0 Å². The normalized spacial score (nSPS) is 21.5. The number of ether oxygens (including phenoxy) is 1. The minimum absolute atomic E-state index is 0.0417. The molecule has 1 aliphatic carbocycles. The molecule has 25 heavy (non-hydrogen) atoms. The largest absolute Gasteiger partial charge is 0.416 e. The number of carbonyl (C=O) groups excluding carboxylic acids is 1. The highest BCUT2D eigenvalue weighted by atomic mass is 19.4. The number of nitrogens with one attached hydrogen (secondary N) is 1. The maximum atomic E-state index is 12.7. The molecular formula is C18H24F3NO3. The first-order valence-electron chi connectivity index (χ1n) is 8.46. The van der Waals surface area contributed by atoms with Crippen LogP contribution in [0.2, 0.25) is 0 Å². The number of rotatable bonds is 8. The predicted octanol–water partition coefficient (Wildman–Crippen LogP) is 3.28. The van der Waals surface area contributed by atoms with Crippen LogP contribution in [0.25, 0.3) is 0 Å². The van der Waals surface area contributed by atoms with Crippen molar-refractivity contribution >= 4 is 5.91 Å². The molecule has 1 aliphatic rings. The molecule has 4 nitrogen and oxygen atoms in total. The number of alkyl halides is 3. The lowest BCUT2D eigenvalue weighted by atomic mass is 9.79. The van der Waals surface area contributed by atoms with Gasteiger partial charge in [-0.05, 0) is 49.8 Å². The van der Waals surface area contributed by atoms with Crippen LogP contribution in [0.15, 0.2) is 24.3 Å². The van der Waals surface area contributed by atoms with E-state index in [9.17, 15) is 18.0 Å². The van der Waals surface area contributed by atoms with Crippen LogP contribution in [-0.2, 0) is 22.3 Å². The van der Waals surface area contributed by atoms with Crippen molar-refractivity contribution in [2.24, 2.45) is 5.92 Å². The summed E-state index contributed by atoms with van der Waals surface area (Å²) in [6, 6.07) is 5.17. The van der Waals surface area contributed by atoms with Crippen LogP contribution in [0, 0.1) is 5.92 Å². The second-order valence-corrected chi connectivity index (χ2v) is 6.66. The van der Waals surface area contributed by atoms with Gasteiger partial charge in [-0.15, -0.1) is 0 Å². The molecule has 2 N–H and O–H groups in total. The summed E-state index contributed by atoms with van der Waals surface area (Å²) in [4.78, 5) is 11.6. The number of benzene rings is 1. The molecule has 0 aliphatic heterocycles. The highest BCUT2D eigenvalue weighted by Gasteiger charge is 2.31. The Morgan fingerprint density at radius 2 is 2.12 bits per heavy atom. The third-order valence-corrected chi connectivity index (χ3v) is 4.31. The molecule has 0 spiro atoms. The van der Waals surface area contributed by atoms with Gasteiger partial charge in [0, 0.05) is 13.0 Å². The monoisotopic (exact) mass is 359 g/mol. The first-order valence-corrected chi connectivity index (χ1v) is 8.46. The van der Waals surface area contributed by atoms with Crippen molar-refractivity contribution in [3.63, 3.8) is 0 Å². The van der Waals surface area contributed by atoms with Gasteiger partial charge in [0.2, 0.25) is 5.91 Å². The Bertz CT molecular complexity index is 569. The van der Waals surface area contributed by atoms with E-state index in [0.29, 0.717) is 17.9 Å². The highest BCUT2D eigenvalue weighted by Crippen LogP contribution is 2.34. The molecule has 2 rings (SSSR count). The van der Waals surface area contributed by atoms with E-state index < -0.39 is 17.8 Å². The van der Waals surface area contributed by atoms with Gasteiger partial charge in [-0.3, -0.25) is 4.79 Å². The van der Waals surface area contributed by atoms with Crippen LogP contribution >= 0.6 is 0 Å². The molecule has 0 unspecified atom stereocenters. The molecule has 0 aromatic heterocycles. The Hall–Kier alpha value is -1.60. The first-order chi connectivity index (χ1) is 11.7. The van der Waals surface area contributed by atoms with Crippen molar-refractivity contribution in [1.29, 1.82) is 0 Å². The zero-order valence-corrected chi connectivity index (χ0v) is 14.2. The van der Waals surface area contributed by atoms with Crippen LogP contribution in [0.1, 0.15) is 43.7 Å². The van der Waals surface area contributed by atoms with Gasteiger partial charge in [-0.2, -0.15) is 13.2 Å². The fourth-order valence-electron chi connectivity index (χ4n) is 2.78. The van der Waals surface area contributed by atoms with Crippen LogP contribution in [0.4, 0.5) is 13.2 Å². The van der Waals surface area contributed by atoms with Crippen LogP contribution < -0.4 is 5.32 Å². The third-order valence-electron chi connectivity index (χ3n) is 4.31. The second kappa shape index (κ2) is 8.67. The van der Waals surface area contributed by atoms with Gasteiger partial charge in [-0.1, -0.05) is 12.1 Å². The summed E-state index contributed by atoms with van der Waals surface area (Å²) in [5.74, 6) is 0.332. The molecule has 1 saturated carbocycles. The Morgan fingerprint density at radius 1 is 1.40 bits per heavy atom. The lowest BCUT2D eigenvalue weighted by Gasteiger charge is -2.35. The smallest absolute Gasteiger partial charge is 0.392 e. The van der Waals surface area contributed by atoms with Crippen molar-refractivity contribution in [3.8, 4) is 0 Å². The fraction of sp³-hybridized carbons (Fsp3) is 0.611. The van der Waals surface area contributed by atoms with E-state index in [1.54, 1.807) is 13.0 Å². The second-order valence-electron chi connectivity index (χ2n) is 6.66. The van der Waals surface area contributed by atoms with Gasteiger partial charge in [0.25, 0.3) is 0 Å². The summed E-state index contributed by atoms with van der Waals surface area (Å²) in [5, 5.41) is 11.7. The number of aliphatic hydroxyl groups excluding tert-OH is 1. The van der Waals surface area contributed by atoms with Crippen molar-refractivity contribution < 1.29 is 27.8 Å². The molecule has 0 radical (unpaired) electrons. The Labute approximate surface area is 145 Å². The average molecular weight is 359 g/mol. The first kappa shape index (κ1) is 19.7. The predicted molar refractivity (Wildman–Crippen MR) is 86.7 cm³/mol. The van der Waals surface area contributed by atoms with Crippen LogP contribution in [-0.4, -0.2) is 29.8 Å². The summed E-state index contributed by atoms with van der Waals surface area (Å²) in [6.07, 6.45) is -2.04. The third kappa shape index (κ3) is 6.66. The number of aliphatic hydroxyl groups is 1. The lowest BCUT2D eigenvalue weighted by molar-refractivity contribution is -0.137. The van der Waals surface area contributed by atoms with Gasteiger partial charge in [0.05, 0.1) is 24.4 Å². The molecule has 0 saturated heterocycles. The maximum absolute atomic E-state index is 12.7. The minimum atomic E-state index is -4.34. The summed E-state index contributed by atoms with van der Waals surface area (Å²) in [5.41, 5.74) is -0.154.